The summed E-state index contributed by atoms with van der Waals surface area (Å²) in [5.74, 6) is 0. The number of halogens is 1. The van der Waals surface area contributed by atoms with Crippen molar-refractivity contribution in [1.29, 1.82) is 0 Å². The molecule has 1 aromatic rings. The molecule has 1 aromatic heterocycles. The van der Waals surface area contributed by atoms with Crippen LogP contribution in [0.5, 0.6) is 0 Å². The van der Waals surface area contributed by atoms with Crippen LogP contribution in [0.25, 0.3) is 0 Å². The molecule has 0 spiro atoms. The third-order valence-electron chi connectivity index (χ3n) is 1.82. The molecule has 7 heteroatoms. The van der Waals surface area contributed by atoms with E-state index in [-0.39, 0.29) is 0 Å². The molecule has 1 atom stereocenters. The topological polar surface area (TPSA) is 74.3 Å². The SMILES string of the molecule is CCCCOC(=O)N[S+]([O-])c1ccc(Cl)nc1. The molecular weight excluding hydrogens is 264 g/mol. The summed E-state index contributed by atoms with van der Waals surface area (Å²) in [5, 5.41) is 0.302. The maximum Gasteiger partial charge on any atom is 0.449 e. The Balaban J connectivity index is 2.40. The van der Waals surface area contributed by atoms with Crippen molar-refractivity contribution in [1.82, 2.24) is 9.71 Å². The van der Waals surface area contributed by atoms with Crippen molar-refractivity contribution in [3.63, 3.8) is 0 Å². The summed E-state index contributed by atoms with van der Waals surface area (Å²) in [4.78, 5) is 15.3. The van der Waals surface area contributed by atoms with Crippen molar-refractivity contribution >= 4 is 29.1 Å². The number of nitrogens with zero attached hydrogens (tertiary/aromatic N) is 1. The van der Waals surface area contributed by atoms with Crippen molar-refractivity contribution in [3.05, 3.63) is 23.5 Å². The second-order valence-electron chi connectivity index (χ2n) is 3.18. The summed E-state index contributed by atoms with van der Waals surface area (Å²) in [5.41, 5.74) is 0. The summed E-state index contributed by atoms with van der Waals surface area (Å²) in [6.45, 7) is 2.30. The smallest absolute Gasteiger partial charge is 0.449 e. The predicted molar refractivity (Wildman–Crippen MR) is 65.0 cm³/mol. The molecule has 0 aliphatic rings. The standard InChI is InChI=1S/C10H13ClN2O3S/c1-2-3-6-16-10(14)13-17(15)8-4-5-9(11)12-7-8/h4-5,7H,2-3,6H2,1H3,(H,13,14). The lowest BCUT2D eigenvalue weighted by Crippen LogP contribution is -2.31. The third kappa shape index (κ3) is 5.25. The van der Waals surface area contributed by atoms with Gasteiger partial charge in [0.1, 0.15) is 16.5 Å². The number of aromatic nitrogens is 1. The molecule has 94 valence electrons. The zero-order valence-electron chi connectivity index (χ0n) is 9.31. The Morgan fingerprint density at radius 2 is 2.41 bits per heavy atom. The summed E-state index contributed by atoms with van der Waals surface area (Å²) in [7, 11) is 0. The fourth-order valence-electron chi connectivity index (χ4n) is 0.945. The lowest BCUT2D eigenvalue weighted by molar-refractivity contribution is 0.151. The van der Waals surface area contributed by atoms with Crippen LogP contribution in [0.15, 0.2) is 23.2 Å². The average molecular weight is 277 g/mol. The number of hydrogen-bond acceptors (Lipinski definition) is 4. The van der Waals surface area contributed by atoms with Gasteiger partial charge in [-0.3, -0.25) is 0 Å². The van der Waals surface area contributed by atoms with Crippen molar-refractivity contribution in [2.45, 2.75) is 24.7 Å². The van der Waals surface area contributed by atoms with Gasteiger partial charge in [0.2, 0.25) is 0 Å². The van der Waals surface area contributed by atoms with E-state index in [4.69, 9.17) is 16.3 Å². The Hall–Kier alpha value is -0.980. The van der Waals surface area contributed by atoms with E-state index >= 15 is 0 Å². The molecule has 0 aromatic carbocycles. The largest absolute Gasteiger partial charge is 0.588 e. The Bertz CT molecular complexity index is 361. The molecule has 5 nitrogen and oxygen atoms in total. The van der Waals surface area contributed by atoms with Crippen molar-refractivity contribution in [3.8, 4) is 0 Å². The highest BCUT2D eigenvalue weighted by Gasteiger charge is 2.16. The number of hydrogen-bond donors (Lipinski definition) is 1. The van der Waals surface area contributed by atoms with Gasteiger partial charge in [-0.1, -0.05) is 24.9 Å². The Labute approximate surface area is 108 Å². The summed E-state index contributed by atoms with van der Waals surface area (Å²) >= 11 is 3.91. The van der Waals surface area contributed by atoms with E-state index in [1.807, 2.05) is 6.92 Å². The zero-order chi connectivity index (χ0) is 12.7. The van der Waals surface area contributed by atoms with Crippen molar-refractivity contribution in [2.24, 2.45) is 0 Å². The van der Waals surface area contributed by atoms with Crippen LogP contribution < -0.4 is 4.72 Å². The van der Waals surface area contributed by atoms with E-state index in [0.717, 1.165) is 12.8 Å². The van der Waals surface area contributed by atoms with Crippen LogP contribution in [-0.4, -0.2) is 22.2 Å². The Morgan fingerprint density at radius 3 is 3.00 bits per heavy atom. The molecule has 1 heterocycles. The van der Waals surface area contributed by atoms with E-state index in [1.165, 1.54) is 18.3 Å². The summed E-state index contributed by atoms with van der Waals surface area (Å²) in [6.07, 6.45) is 2.34. The average Bonchev–Trinajstić information content (AvgIpc) is 2.30. The molecule has 1 N–H and O–H groups in total. The Morgan fingerprint density at radius 1 is 1.65 bits per heavy atom. The normalized spacial score (nSPS) is 11.9. The molecule has 17 heavy (non-hydrogen) atoms. The van der Waals surface area contributed by atoms with E-state index in [9.17, 15) is 9.35 Å². The maximum absolute atomic E-state index is 11.6. The van der Waals surface area contributed by atoms with Crippen LogP contribution >= 0.6 is 11.6 Å². The lowest BCUT2D eigenvalue weighted by Gasteiger charge is -2.09. The lowest BCUT2D eigenvalue weighted by atomic mass is 10.4. The van der Waals surface area contributed by atoms with Gasteiger partial charge < -0.3 is 9.29 Å². The van der Waals surface area contributed by atoms with Gasteiger partial charge in [0.05, 0.1) is 12.8 Å². The van der Waals surface area contributed by atoms with Gasteiger partial charge in [-0.25, -0.2) is 9.78 Å². The molecule has 0 aliphatic heterocycles. The third-order valence-corrected chi connectivity index (χ3v) is 3.07. The number of nitrogens with one attached hydrogen (secondary N) is 1. The predicted octanol–water partition coefficient (Wildman–Crippen LogP) is 2.28. The maximum atomic E-state index is 11.6. The van der Waals surface area contributed by atoms with Gasteiger partial charge in [0.25, 0.3) is 0 Å². The minimum atomic E-state index is -1.67. The number of carbonyl (C=O) groups is 1. The fraction of sp³-hybridized carbons (Fsp3) is 0.400. The highest BCUT2D eigenvalue weighted by atomic mass is 35.5. The van der Waals surface area contributed by atoms with E-state index in [2.05, 4.69) is 9.71 Å². The first kappa shape index (κ1) is 14.1. The van der Waals surface area contributed by atoms with Gasteiger partial charge in [0.15, 0.2) is 4.90 Å². The second kappa shape index (κ2) is 7.37. The molecule has 0 bridgehead atoms. The van der Waals surface area contributed by atoms with Gasteiger partial charge in [-0.2, -0.15) is 0 Å². The van der Waals surface area contributed by atoms with Crippen LogP contribution in [0.4, 0.5) is 4.79 Å². The number of unbranched alkanes of at least 4 members (excludes halogenated alkanes) is 1. The molecule has 1 amide bonds. The van der Waals surface area contributed by atoms with Crippen LogP contribution in [0, 0.1) is 0 Å². The minimum absolute atomic E-state index is 0.302. The van der Waals surface area contributed by atoms with Gasteiger partial charge >= 0.3 is 6.09 Å². The molecule has 0 saturated carbocycles. The highest BCUT2D eigenvalue weighted by Crippen LogP contribution is 2.10. The second-order valence-corrected chi connectivity index (χ2v) is 4.78. The number of amides is 1. The first-order chi connectivity index (χ1) is 8.13. The van der Waals surface area contributed by atoms with Crippen LogP contribution in [0.2, 0.25) is 5.15 Å². The Kier molecular flexibility index (Phi) is 6.10. The van der Waals surface area contributed by atoms with Crippen LogP contribution in [0.1, 0.15) is 19.8 Å². The number of rotatable bonds is 5. The zero-order valence-corrected chi connectivity index (χ0v) is 10.9. The summed E-state index contributed by atoms with van der Waals surface area (Å²) in [6, 6.07) is 3.02. The molecule has 0 aliphatic carbocycles. The van der Waals surface area contributed by atoms with E-state index < -0.39 is 17.5 Å². The first-order valence-corrected chi connectivity index (χ1v) is 6.63. The van der Waals surface area contributed by atoms with E-state index in [1.54, 1.807) is 0 Å². The van der Waals surface area contributed by atoms with Crippen molar-refractivity contribution in [2.75, 3.05) is 6.61 Å². The molecule has 1 rings (SSSR count). The molecule has 0 saturated heterocycles. The molecular formula is C10H13ClN2O3S. The number of ether oxygens (including phenoxy) is 1. The van der Waals surface area contributed by atoms with E-state index in [0.29, 0.717) is 16.7 Å². The van der Waals surface area contributed by atoms with Gasteiger partial charge in [0, 0.05) is 6.07 Å². The monoisotopic (exact) mass is 276 g/mol. The van der Waals surface area contributed by atoms with Crippen molar-refractivity contribution < 1.29 is 14.1 Å². The number of pyridine rings is 1. The van der Waals surface area contributed by atoms with Gasteiger partial charge in [-0.05, 0) is 12.5 Å². The molecule has 0 fully saturated rings. The minimum Gasteiger partial charge on any atom is -0.588 e. The van der Waals surface area contributed by atoms with Gasteiger partial charge in [-0.15, -0.1) is 4.72 Å². The fourth-order valence-corrected chi connectivity index (χ4v) is 1.73. The van der Waals surface area contributed by atoms with Crippen LogP contribution in [-0.2, 0) is 16.1 Å². The quantitative estimate of drug-likeness (QED) is 0.509. The highest BCUT2D eigenvalue weighted by molar-refractivity contribution is 7.90. The molecule has 1 unspecified atom stereocenters. The van der Waals surface area contributed by atoms with Crippen LogP contribution in [0.3, 0.4) is 0 Å². The molecule has 0 radical (unpaired) electrons. The summed E-state index contributed by atoms with van der Waals surface area (Å²) < 4.78 is 18.6. The number of carbonyl (C=O) groups excluding carboxylic acids is 1. The first-order valence-electron chi connectivity index (χ1n) is 5.10.